The average molecular weight is 223 g/mol. The molecule has 1 aromatic carbocycles. The van der Waals surface area contributed by atoms with E-state index in [1.54, 1.807) is 7.11 Å². The normalized spacial score (nSPS) is 11.8. The Kier molecular flexibility index (Phi) is 3.94. The summed E-state index contributed by atoms with van der Waals surface area (Å²) in [6.45, 7) is 8.82. The highest BCUT2D eigenvalue weighted by Gasteiger charge is 2.20. The maximum Gasteiger partial charge on any atom is 0.123 e. The first-order valence-corrected chi connectivity index (χ1v) is 5.45. The number of benzene rings is 1. The van der Waals surface area contributed by atoms with Gasteiger partial charge < -0.3 is 9.94 Å². The van der Waals surface area contributed by atoms with Gasteiger partial charge in [-0.25, -0.2) is 0 Å². The van der Waals surface area contributed by atoms with Crippen LogP contribution in [0.5, 0.6) is 5.75 Å². The number of nitrogens with one attached hydrogen (secondary N) is 1. The van der Waals surface area contributed by atoms with Crippen LogP contribution in [0.15, 0.2) is 12.1 Å². The van der Waals surface area contributed by atoms with E-state index in [0.29, 0.717) is 12.3 Å². The number of aromatic hydroxyl groups is 1. The third-order valence-electron chi connectivity index (χ3n) is 2.55. The van der Waals surface area contributed by atoms with Crippen LogP contribution in [0.2, 0.25) is 0 Å². The summed E-state index contributed by atoms with van der Waals surface area (Å²) in [4.78, 5) is 4.81. The Balaban J connectivity index is 3.16. The number of aryl methyl sites for hydroxylation is 1. The summed E-state index contributed by atoms with van der Waals surface area (Å²) >= 11 is 0. The smallest absolute Gasteiger partial charge is 0.123 e. The van der Waals surface area contributed by atoms with E-state index < -0.39 is 0 Å². The average Bonchev–Trinajstić information content (AvgIpc) is 2.17. The van der Waals surface area contributed by atoms with Crippen LogP contribution in [0, 0.1) is 6.92 Å². The van der Waals surface area contributed by atoms with Crippen LogP contribution in [-0.4, -0.2) is 12.2 Å². The van der Waals surface area contributed by atoms with Gasteiger partial charge in [0.2, 0.25) is 0 Å². The molecule has 0 saturated carbocycles. The first kappa shape index (κ1) is 13.0. The molecule has 0 atom stereocenters. The van der Waals surface area contributed by atoms with Crippen LogP contribution in [0.25, 0.3) is 0 Å². The summed E-state index contributed by atoms with van der Waals surface area (Å²) < 4.78 is 0. The molecule has 0 unspecified atom stereocenters. The van der Waals surface area contributed by atoms with Crippen LogP contribution >= 0.6 is 0 Å². The summed E-state index contributed by atoms with van der Waals surface area (Å²) in [6, 6.07) is 4.00. The lowest BCUT2D eigenvalue weighted by Gasteiger charge is -2.23. The summed E-state index contributed by atoms with van der Waals surface area (Å²) in [7, 11) is 1.57. The van der Waals surface area contributed by atoms with Crippen LogP contribution in [0.1, 0.15) is 37.5 Å². The topological polar surface area (TPSA) is 41.5 Å². The van der Waals surface area contributed by atoms with Gasteiger partial charge >= 0.3 is 0 Å². The van der Waals surface area contributed by atoms with Crippen molar-refractivity contribution in [2.75, 3.05) is 7.11 Å². The SMILES string of the molecule is CONCc1cc(C)cc(C(C)(C)C)c1O. The molecule has 0 radical (unpaired) electrons. The Morgan fingerprint density at radius 2 is 1.94 bits per heavy atom. The van der Waals surface area contributed by atoms with Gasteiger partial charge in [0.1, 0.15) is 5.75 Å². The number of hydrogen-bond acceptors (Lipinski definition) is 3. The minimum absolute atomic E-state index is 0.0576. The molecule has 3 nitrogen and oxygen atoms in total. The molecular formula is C13H21NO2. The van der Waals surface area contributed by atoms with E-state index in [1.165, 1.54) is 0 Å². The van der Waals surface area contributed by atoms with E-state index in [-0.39, 0.29) is 5.41 Å². The largest absolute Gasteiger partial charge is 0.507 e. The Hall–Kier alpha value is -1.06. The van der Waals surface area contributed by atoms with Gasteiger partial charge in [-0.05, 0) is 17.9 Å². The fraction of sp³-hybridized carbons (Fsp3) is 0.538. The van der Waals surface area contributed by atoms with Crippen molar-refractivity contribution in [2.24, 2.45) is 0 Å². The predicted molar refractivity (Wildman–Crippen MR) is 65.4 cm³/mol. The van der Waals surface area contributed by atoms with Gasteiger partial charge in [0, 0.05) is 12.1 Å². The van der Waals surface area contributed by atoms with Crippen LogP contribution in [0.3, 0.4) is 0 Å². The summed E-state index contributed by atoms with van der Waals surface area (Å²) in [5.74, 6) is 0.364. The number of hydroxylamine groups is 1. The van der Waals surface area contributed by atoms with E-state index in [1.807, 2.05) is 19.1 Å². The van der Waals surface area contributed by atoms with Crippen molar-refractivity contribution < 1.29 is 9.94 Å². The minimum atomic E-state index is -0.0576. The van der Waals surface area contributed by atoms with Crippen molar-refractivity contribution in [3.8, 4) is 5.75 Å². The van der Waals surface area contributed by atoms with Crippen LogP contribution in [0.4, 0.5) is 0 Å². The first-order valence-electron chi connectivity index (χ1n) is 5.45. The minimum Gasteiger partial charge on any atom is -0.507 e. The van der Waals surface area contributed by atoms with Crippen molar-refractivity contribution in [3.05, 3.63) is 28.8 Å². The molecule has 0 spiro atoms. The Labute approximate surface area is 97.4 Å². The molecule has 0 aromatic heterocycles. The molecule has 0 aliphatic carbocycles. The van der Waals surface area contributed by atoms with E-state index in [0.717, 1.165) is 16.7 Å². The Bertz CT molecular complexity index is 367. The monoisotopic (exact) mass is 223 g/mol. The molecule has 1 aromatic rings. The quantitative estimate of drug-likeness (QED) is 0.774. The van der Waals surface area contributed by atoms with E-state index in [4.69, 9.17) is 4.84 Å². The first-order chi connectivity index (χ1) is 7.36. The van der Waals surface area contributed by atoms with Gasteiger partial charge in [-0.1, -0.05) is 38.5 Å². The van der Waals surface area contributed by atoms with Crippen LogP contribution < -0.4 is 5.48 Å². The highest BCUT2D eigenvalue weighted by Crippen LogP contribution is 2.34. The van der Waals surface area contributed by atoms with E-state index in [2.05, 4.69) is 26.3 Å². The molecule has 0 amide bonds. The number of phenols is 1. The molecule has 0 fully saturated rings. The van der Waals surface area contributed by atoms with Crippen molar-refractivity contribution in [2.45, 2.75) is 39.7 Å². The van der Waals surface area contributed by atoms with Crippen molar-refractivity contribution in [3.63, 3.8) is 0 Å². The fourth-order valence-electron chi connectivity index (χ4n) is 1.71. The van der Waals surface area contributed by atoms with Crippen molar-refractivity contribution in [1.82, 2.24) is 5.48 Å². The zero-order valence-corrected chi connectivity index (χ0v) is 10.7. The van der Waals surface area contributed by atoms with Crippen molar-refractivity contribution in [1.29, 1.82) is 0 Å². The maximum atomic E-state index is 10.2. The third-order valence-corrected chi connectivity index (χ3v) is 2.55. The van der Waals surface area contributed by atoms with Crippen molar-refractivity contribution >= 4 is 0 Å². The van der Waals surface area contributed by atoms with E-state index >= 15 is 0 Å². The van der Waals surface area contributed by atoms with Gasteiger partial charge in [0.15, 0.2) is 0 Å². The Morgan fingerprint density at radius 1 is 1.31 bits per heavy atom. The van der Waals surface area contributed by atoms with Gasteiger partial charge in [-0.3, -0.25) is 0 Å². The summed E-state index contributed by atoms with van der Waals surface area (Å²) in [5, 5.41) is 10.2. The fourth-order valence-corrected chi connectivity index (χ4v) is 1.71. The lowest BCUT2D eigenvalue weighted by molar-refractivity contribution is 0.0861. The highest BCUT2D eigenvalue weighted by atomic mass is 16.6. The molecule has 0 aliphatic rings. The lowest BCUT2D eigenvalue weighted by atomic mass is 9.84. The molecule has 90 valence electrons. The second-order valence-corrected chi connectivity index (χ2v) is 5.10. The third kappa shape index (κ3) is 2.97. The number of hydrogen-bond donors (Lipinski definition) is 2. The molecule has 0 aliphatic heterocycles. The maximum absolute atomic E-state index is 10.2. The van der Waals surface area contributed by atoms with Gasteiger partial charge in [-0.15, -0.1) is 0 Å². The number of phenolic OH excluding ortho intramolecular Hbond substituents is 1. The number of rotatable bonds is 3. The molecule has 1 rings (SSSR count). The zero-order valence-electron chi connectivity index (χ0n) is 10.7. The molecule has 16 heavy (non-hydrogen) atoms. The van der Waals surface area contributed by atoms with Gasteiger partial charge in [0.25, 0.3) is 0 Å². The van der Waals surface area contributed by atoms with Crippen LogP contribution in [-0.2, 0) is 16.8 Å². The predicted octanol–water partition coefficient (Wildman–Crippen LogP) is 2.65. The lowest BCUT2D eigenvalue weighted by Crippen LogP contribution is -2.15. The molecule has 2 N–H and O–H groups in total. The molecule has 0 bridgehead atoms. The van der Waals surface area contributed by atoms with Gasteiger partial charge in [-0.2, -0.15) is 5.48 Å². The second kappa shape index (κ2) is 4.85. The Morgan fingerprint density at radius 3 is 2.44 bits per heavy atom. The van der Waals surface area contributed by atoms with Gasteiger partial charge in [0.05, 0.1) is 7.11 Å². The highest BCUT2D eigenvalue weighted by molar-refractivity contribution is 5.46. The molecular weight excluding hydrogens is 202 g/mol. The molecule has 0 heterocycles. The zero-order chi connectivity index (χ0) is 12.3. The summed E-state index contributed by atoms with van der Waals surface area (Å²) in [6.07, 6.45) is 0. The second-order valence-electron chi connectivity index (χ2n) is 5.10. The molecule has 3 heteroatoms. The summed E-state index contributed by atoms with van der Waals surface area (Å²) in [5.41, 5.74) is 5.68. The molecule has 0 saturated heterocycles. The van der Waals surface area contributed by atoms with E-state index in [9.17, 15) is 5.11 Å². The standard InChI is InChI=1S/C13H21NO2/c1-9-6-10(8-14-16-5)12(15)11(7-9)13(2,3)4/h6-7,14-15H,8H2,1-5H3.